The van der Waals surface area contributed by atoms with Crippen molar-refractivity contribution < 1.29 is 13.2 Å². The molecule has 0 aliphatic carbocycles. The van der Waals surface area contributed by atoms with Crippen molar-refractivity contribution in [3.05, 3.63) is 94.8 Å². The Labute approximate surface area is 180 Å². The van der Waals surface area contributed by atoms with Gasteiger partial charge in [-0.15, -0.1) is 0 Å². The van der Waals surface area contributed by atoms with Gasteiger partial charge in [-0.05, 0) is 53.6 Å². The van der Waals surface area contributed by atoms with E-state index in [-0.39, 0.29) is 6.54 Å². The van der Waals surface area contributed by atoms with Crippen LogP contribution in [0.1, 0.15) is 21.5 Å². The Hall–Kier alpha value is -3.23. The van der Waals surface area contributed by atoms with Crippen LogP contribution in [0.3, 0.4) is 0 Å². The lowest BCUT2D eigenvalue weighted by Crippen LogP contribution is -2.29. The van der Waals surface area contributed by atoms with Gasteiger partial charge in [-0.25, -0.2) is 13.8 Å². The van der Waals surface area contributed by atoms with Gasteiger partial charge in [0, 0.05) is 23.0 Å². The average molecular weight is 443 g/mol. The van der Waals surface area contributed by atoms with Crippen LogP contribution in [-0.2, 0) is 16.6 Å². The van der Waals surface area contributed by atoms with E-state index in [1.165, 1.54) is 22.7 Å². The van der Waals surface area contributed by atoms with Crippen molar-refractivity contribution in [2.75, 3.05) is 10.6 Å². The molecule has 2 aromatic carbocycles. The van der Waals surface area contributed by atoms with Crippen molar-refractivity contribution in [1.82, 2.24) is 10.4 Å². The lowest BCUT2D eigenvalue weighted by Gasteiger charge is -2.23. The van der Waals surface area contributed by atoms with Crippen LogP contribution in [0, 0.1) is 0 Å². The van der Waals surface area contributed by atoms with Gasteiger partial charge in [0.15, 0.2) is 0 Å². The van der Waals surface area contributed by atoms with Crippen LogP contribution in [0.2, 0.25) is 5.02 Å². The maximum atomic E-state index is 12.3. The summed E-state index contributed by atoms with van der Waals surface area (Å²) in [4.78, 5) is 16.2. The fraction of sp³-hybridized carbons (Fsp3) is 0.0952. The maximum Gasteiger partial charge on any atom is 0.271 e. The number of amides is 1. The largest absolute Gasteiger partial charge is 0.271 e. The second-order valence-electron chi connectivity index (χ2n) is 6.39. The zero-order chi connectivity index (χ0) is 21.6. The van der Waals surface area contributed by atoms with Gasteiger partial charge in [-0.3, -0.25) is 14.1 Å². The highest BCUT2D eigenvalue weighted by atomic mass is 35.5. The molecule has 1 amide bonds. The number of nitrogens with zero attached hydrogens (tertiary/aromatic N) is 3. The van der Waals surface area contributed by atoms with Crippen molar-refractivity contribution in [2.24, 2.45) is 5.10 Å². The summed E-state index contributed by atoms with van der Waals surface area (Å²) in [5.41, 5.74) is 4.68. The quantitative estimate of drug-likeness (QED) is 0.448. The number of anilines is 1. The Morgan fingerprint density at radius 1 is 1.10 bits per heavy atom. The molecule has 0 unspecified atom stereocenters. The molecule has 1 aromatic heterocycles. The van der Waals surface area contributed by atoms with Crippen LogP contribution in [-0.4, -0.2) is 31.8 Å². The summed E-state index contributed by atoms with van der Waals surface area (Å²) in [7, 11) is -3.57. The first kappa shape index (κ1) is 21.5. The first-order valence-electron chi connectivity index (χ1n) is 8.89. The molecule has 1 heterocycles. The highest BCUT2D eigenvalue weighted by molar-refractivity contribution is 7.92. The van der Waals surface area contributed by atoms with Crippen LogP contribution < -0.4 is 9.73 Å². The molecule has 0 saturated carbocycles. The fourth-order valence-corrected chi connectivity index (χ4v) is 3.71. The molecule has 0 aliphatic heterocycles. The molecule has 0 fully saturated rings. The zero-order valence-corrected chi connectivity index (χ0v) is 17.6. The molecule has 0 radical (unpaired) electrons. The lowest BCUT2D eigenvalue weighted by atomic mass is 10.2. The van der Waals surface area contributed by atoms with Gasteiger partial charge in [0.25, 0.3) is 5.91 Å². The Morgan fingerprint density at radius 3 is 2.40 bits per heavy atom. The number of hydrogen-bond acceptors (Lipinski definition) is 5. The van der Waals surface area contributed by atoms with E-state index >= 15 is 0 Å². The number of carbonyl (C=O) groups excluding carboxylic acids is 1. The normalized spacial score (nSPS) is 11.4. The van der Waals surface area contributed by atoms with Crippen LogP contribution in [0.4, 0.5) is 5.69 Å². The molecule has 1 N–H and O–H groups in total. The second-order valence-corrected chi connectivity index (χ2v) is 8.70. The number of sulfonamides is 1. The molecule has 154 valence electrons. The number of halogens is 1. The molecule has 7 nitrogen and oxygen atoms in total. The molecular weight excluding hydrogens is 424 g/mol. The van der Waals surface area contributed by atoms with Gasteiger partial charge in [-0.1, -0.05) is 29.8 Å². The Kier molecular flexibility index (Phi) is 6.81. The highest BCUT2D eigenvalue weighted by Crippen LogP contribution is 2.24. The second kappa shape index (κ2) is 9.51. The van der Waals surface area contributed by atoms with Gasteiger partial charge in [0.2, 0.25) is 10.0 Å². The molecule has 3 aromatic rings. The van der Waals surface area contributed by atoms with Crippen molar-refractivity contribution in [2.45, 2.75) is 6.54 Å². The minimum atomic E-state index is -3.57. The highest BCUT2D eigenvalue weighted by Gasteiger charge is 2.19. The van der Waals surface area contributed by atoms with E-state index in [4.69, 9.17) is 11.6 Å². The third-order valence-corrected chi connectivity index (χ3v) is 5.68. The first-order valence-corrected chi connectivity index (χ1v) is 11.1. The summed E-state index contributed by atoms with van der Waals surface area (Å²) in [6, 6.07) is 16.8. The topological polar surface area (TPSA) is 91.7 Å². The molecule has 0 aliphatic rings. The van der Waals surface area contributed by atoms with Crippen molar-refractivity contribution in [1.29, 1.82) is 0 Å². The van der Waals surface area contributed by atoms with Crippen LogP contribution in [0.15, 0.2) is 78.2 Å². The third-order valence-electron chi connectivity index (χ3n) is 4.18. The summed E-state index contributed by atoms with van der Waals surface area (Å²) >= 11 is 6.17. The smallest absolute Gasteiger partial charge is 0.267 e. The molecule has 9 heteroatoms. The summed E-state index contributed by atoms with van der Waals surface area (Å²) < 4.78 is 25.9. The molecule has 3 rings (SSSR count). The number of aromatic nitrogens is 1. The number of carbonyl (C=O) groups is 1. The number of rotatable bonds is 7. The monoisotopic (exact) mass is 442 g/mol. The SMILES string of the molecule is CS(=O)(=O)N(Cc1ccccc1Cl)c1ccc(C(=O)N/N=C\c2ccncc2)cc1. The maximum absolute atomic E-state index is 12.3. The first-order chi connectivity index (χ1) is 14.3. The summed E-state index contributed by atoms with van der Waals surface area (Å²) in [6.07, 6.45) is 5.87. The van der Waals surface area contributed by atoms with Gasteiger partial charge in [0.05, 0.1) is 24.7 Å². The van der Waals surface area contributed by atoms with Crippen LogP contribution in [0.5, 0.6) is 0 Å². The van der Waals surface area contributed by atoms with Gasteiger partial charge >= 0.3 is 0 Å². The molecule has 0 saturated heterocycles. The molecule has 0 spiro atoms. The Bertz CT molecular complexity index is 1150. The average Bonchev–Trinajstić information content (AvgIpc) is 2.73. The number of benzene rings is 2. The van der Waals surface area contributed by atoms with Crippen molar-refractivity contribution in [3.8, 4) is 0 Å². The molecule has 0 atom stereocenters. The van der Waals surface area contributed by atoms with Gasteiger partial charge in [0.1, 0.15) is 0 Å². The van der Waals surface area contributed by atoms with Crippen molar-refractivity contribution >= 4 is 39.4 Å². The van der Waals surface area contributed by atoms with Gasteiger partial charge < -0.3 is 0 Å². The van der Waals surface area contributed by atoms with E-state index in [0.29, 0.717) is 21.8 Å². The van der Waals surface area contributed by atoms with Crippen LogP contribution >= 0.6 is 11.6 Å². The number of hydrogen-bond donors (Lipinski definition) is 1. The number of hydrazone groups is 1. The minimum Gasteiger partial charge on any atom is -0.267 e. The molecule has 0 bridgehead atoms. The van der Waals surface area contributed by atoms with E-state index in [9.17, 15) is 13.2 Å². The van der Waals surface area contributed by atoms with Crippen molar-refractivity contribution in [3.63, 3.8) is 0 Å². The third kappa shape index (κ3) is 5.65. The summed E-state index contributed by atoms with van der Waals surface area (Å²) in [5, 5.41) is 4.39. The number of pyridine rings is 1. The predicted molar refractivity (Wildman–Crippen MR) is 118 cm³/mol. The predicted octanol–water partition coefficient (Wildman–Crippen LogP) is 3.47. The van der Waals surface area contributed by atoms with E-state index in [1.807, 2.05) is 0 Å². The van der Waals surface area contributed by atoms with E-state index in [1.54, 1.807) is 60.9 Å². The standard InChI is InChI=1S/C21H19ClN4O3S/c1-30(28,29)26(15-18-4-2-3-5-20(18)22)19-8-6-17(7-9-19)21(27)25-24-14-16-10-12-23-13-11-16/h2-14H,15H2,1H3,(H,25,27)/b24-14-. The van der Waals surface area contributed by atoms with Gasteiger partial charge in [-0.2, -0.15) is 5.10 Å². The lowest BCUT2D eigenvalue weighted by molar-refractivity contribution is 0.0955. The van der Waals surface area contributed by atoms with E-state index in [2.05, 4.69) is 15.5 Å². The Morgan fingerprint density at radius 2 is 1.77 bits per heavy atom. The summed E-state index contributed by atoms with van der Waals surface area (Å²) in [6.45, 7) is 0.0836. The Balaban J connectivity index is 1.74. The minimum absolute atomic E-state index is 0.0836. The van der Waals surface area contributed by atoms with E-state index in [0.717, 1.165) is 11.8 Å². The fourth-order valence-electron chi connectivity index (χ4n) is 2.64. The summed E-state index contributed by atoms with van der Waals surface area (Å²) in [5.74, 6) is -0.413. The van der Waals surface area contributed by atoms with Crippen LogP contribution in [0.25, 0.3) is 0 Å². The van der Waals surface area contributed by atoms with E-state index < -0.39 is 15.9 Å². The zero-order valence-electron chi connectivity index (χ0n) is 16.1. The molecular formula is C21H19ClN4O3S. The number of nitrogens with one attached hydrogen (secondary N) is 1. The molecule has 30 heavy (non-hydrogen) atoms.